The first-order valence-electron chi connectivity index (χ1n) is 9.09. The molecule has 1 aliphatic rings. The zero-order valence-electron chi connectivity index (χ0n) is 15.4. The molecule has 1 saturated heterocycles. The van der Waals surface area contributed by atoms with E-state index in [4.69, 9.17) is 0 Å². The van der Waals surface area contributed by atoms with Gasteiger partial charge in [-0.1, -0.05) is 42.5 Å². The number of nitrogens with one attached hydrogen (secondary N) is 1. The van der Waals surface area contributed by atoms with Crippen LogP contribution in [-0.2, 0) is 22.6 Å². The minimum Gasteiger partial charge on any atom is -0.373 e. The van der Waals surface area contributed by atoms with E-state index in [0.29, 0.717) is 12.4 Å². The number of anilines is 1. The number of amides is 2. The van der Waals surface area contributed by atoms with E-state index in [1.165, 1.54) is 11.9 Å². The molecule has 1 aromatic heterocycles. The van der Waals surface area contributed by atoms with Crippen LogP contribution in [0.5, 0.6) is 0 Å². The Morgan fingerprint density at radius 2 is 1.82 bits per heavy atom. The van der Waals surface area contributed by atoms with Crippen LogP contribution in [0.15, 0.2) is 54.6 Å². The average molecular weight is 376 g/mol. The number of tetrazole rings is 1. The second-order valence-corrected chi connectivity index (χ2v) is 6.71. The standard InChI is InChI=1S/C20H20N6O2/c1-25-18(27)13-17(20(25)28)21-16-9-7-14(8-10-16)11-12-26-23-19(22-24-26)15-5-3-2-4-6-15/h2-10,17,21H,11-13H2,1H3. The molecule has 2 aromatic carbocycles. The zero-order chi connectivity index (χ0) is 19.5. The van der Waals surface area contributed by atoms with Crippen LogP contribution in [0.2, 0.25) is 0 Å². The maximum Gasteiger partial charge on any atom is 0.251 e. The molecular formula is C20H20N6O2. The number of rotatable bonds is 6. The van der Waals surface area contributed by atoms with E-state index >= 15 is 0 Å². The molecule has 1 N–H and O–H groups in total. The van der Waals surface area contributed by atoms with Gasteiger partial charge in [0.15, 0.2) is 0 Å². The van der Waals surface area contributed by atoms with Crippen LogP contribution in [0.1, 0.15) is 12.0 Å². The molecule has 0 aliphatic carbocycles. The molecule has 0 radical (unpaired) electrons. The number of aromatic nitrogens is 4. The quantitative estimate of drug-likeness (QED) is 0.659. The lowest BCUT2D eigenvalue weighted by atomic mass is 10.1. The van der Waals surface area contributed by atoms with Crippen molar-refractivity contribution < 1.29 is 9.59 Å². The van der Waals surface area contributed by atoms with Crippen molar-refractivity contribution in [3.8, 4) is 11.4 Å². The van der Waals surface area contributed by atoms with E-state index in [0.717, 1.165) is 23.2 Å². The highest BCUT2D eigenvalue weighted by Crippen LogP contribution is 2.18. The predicted octanol–water partition coefficient (Wildman–Crippen LogP) is 1.75. The van der Waals surface area contributed by atoms with Gasteiger partial charge in [0.1, 0.15) is 6.04 Å². The Balaban J connectivity index is 1.33. The topological polar surface area (TPSA) is 93.0 Å². The summed E-state index contributed by atoms with van der Waals surface area (Å²) >= 11 is 0. The number of aryl methyl sites for hydroxylation is 2. The Labute approximate surface area is 162 Å². The molecule has 142 valence electrons. The Morgan fingerprint density at radius 1 is 1.07 bits per heavy atom. The first-order valence-corrected chi connectivity index (χ1v) is 9.09. The number of imide groups is 1. The van der Waals surface area contributed by atoms with Gasteiger partial charge in [-0.2, -0.15) is 4.80 Å². The number of hydrogen-bond donors (Lipinski definition) is 1. The molecule has 8 heteroatoms. The van der Waals surface area contributed by atoms with Crippen molar-refractivity contribution in [1.29, 1.82) is 0 Å². The molecule has 1 atom stereocenters. The molecule has 1 fully saturated rings. The Hall–Kier alpha value is -3.55. The summed E-state index contributed by atoms with van der Waals surface area (Å²) in [7, 11) is 1.51. The number of likely N-dealkylation sites (tertiary alicyclic amines) is 1. The van der Waals surface area contributed by atoms with Crippen LogP contribution in [0.3, 0.4) is 0 Å². The molecule has 4 rings (SSSR count). The van der Waals surface area contributed by atoms with Crippen LogP contribution in [0.25, 0.3) is 11.4 Å². The minimum absolute atomic E-state index is 0.158. The summed E-state index contributed by atoms with van der Waals surface area (Å²) in [6.45, 7) is 0.618. The molecule has 8 nitrogen and oxygen atoms in total. The number of nitrogens with zero attached hydrogens (tertiary/aromatic N) is 5. The lowest BCUT2D eigenvalue weighted by Gasteiger charge is -2.12. The maximum atomic E-state index is 12.0. The van der Waals surface area contributed by atoms with Crippen LogP contribution in [0.4, 0.5) is 5.69 Å². The van der Waals surface area contributed by atoms with Crippen LogP contribution in [-0.4, -0.2) is 50.0 Å². The molecule has 0 saturated carbocycles. The van der Waals surface area contributed by atoms with E-state index in [1.807, 2.05) is 54.6 Å². The normalized spacial score (nSPS) is 16.6. The lowest BCUT2D eigenvalue weighted by molar-refractivity contribution is -0.136. The van der Waals surface area contributed by atoms with Crippen molar-refractivity contribution in [2.75, 3.05) is 12.4 Å². The Kier molecular flexibility index (Phi) is 4.84. The van der Waals surface area contributed by atoms with Gasteiger partial charge < -0.3 is 5.32 Å². The summed E-state index contributed by atoms with van der Waals surface area (Å²) in [5, 5.41) is 15.7. The predicted molar refractivity (Wildman–Crippen MR) is 103 cm³/mol. The third-order valence-electron chi connectivity index (χ3n) is 4.76. The third-order valence-corrected chi connectivity index (χ3v) is 4.76. The van der Waals surface area contributed by atoms with Crippen molar-refractivity contribution in [1.82, 2.24) is 25.1 Å². The van der Waals surface area contributed by atoms with E-state index in [2.05, 4.69) is 20.7 Å². The zero-order valence-corrected chi connectivity index (χ0v) is 15.4. The van der Waals surface area contributed by atoms with E-state index < -0.39 is 6.04 Å². The summed E-state index contributed by atoms with van der Waals surface area (Å²) in [5.41, 5.74) is 2.88. The summed E-state index contributed by atoms with van der Waals surface area (Å²) < 4.78 is 0. The fourth-order valence-electron chi connectivity index (χ4n) is 3.11. The van der Waals surface area contributed by atoms with Gasteiger partial charge in [0.2, 0.25) is 11.7 Å². The summed E-state index contributed by atoms with van der Waals surface area (Å²) in [5.74, 6) is 0.260. The highest BCUT2D eigenvalue weighted by molar-refractivity contribution is 6.06. The van der Waals surface area contributed by atoms with Crippen molar-refractivity contribution in [3.63, 3.8) is 0 Å². The number of carbonyl (C=O) groups is 2. The highest BCUT2D eigenvalue weighted by atomic mass is 16.2. The largest absolute Gasteiger partial charge is 0.373 e. The summed E-state index contributed by atoms with van der Waals surface area (Å²) in [6.07, 6.45) is 0.952. The number of likely N-dealkylation sites (N-methyl/N-ethyl adjacent to an activating group) is 1. The van der Waals surface area contributed by atoms with Crippen molar-refractivity contribution in [2.24, 2.45) is 0 Å². The number of benzene rings is 2. The summed E-state index contributed by atoms with van der Waals surface area (Å²) in [6, 6.07) is 17.1. The molecule has 0 bridgehead atoms. The summed E-state index contributed by atoms with van der Waals surface area (Å²) in [4.78, 5) is 26.3. The fraction of sp³-hybridized carbons (Fsp3) is 0.250. The molecule has 2 heterocycles. The van der Waals surface area contributed by atoms with Crippen LogP contribution in [0, 0.1) is 0 Å². The third kappa shape index (κ3) is 3.75. The lowest BCUT2D eigenvalue weighted by Crippen LogP contribution is -2.31. The Morgan fingerprint density at radius 3 is 2.50 bits per heavy atom. The van der Waals surface area contributed by atoms with E-state index in [1.54, 1.807) is 4.80 Å². The highest BCUT2D eigenvalue weighted by Gasteiger charge is 2.35. The van der Waals surface area contributed by atoms with E-state index in [-0.39, 0.29) is 18.2 Å². The van der Waals surface area contributed by atoms with Gasteiger partial charge >= 0.3 is 0 Å². The average Bonchev–Trinajstić information content (AvgIpc) is 3.29. The molecule has 3 aromatic rings. The molecule has 28 heavy (non-hydrogen) atoms. The van der Waals surface area contributed by atoms with Gasteiger partial charge in [0.25, 0.3) is 5.91 Å². The van der Waals surface area contributed by atoms with Crippen molar-refractivity contribution in [3.05, 3.63) is 60.2 Å². The van der Waals surface area contributed by atoms with Crippen molar-refractivity contribution in [2.45, 2.75) is 25.4 Å². The monoisotopic (exact) mass is 376 g/mol. The van der Waals surface area contributed by atoms with Gasteiger partial charge in [-0.3, -0.25) is 14.5 Å². The van der Waals surface area contributed by atoms with Gasteiger partial charge in [0.05, 0.1) is 13.0 Å². The van der Waals surface area contributed by atoms with Crippen molar-refractivity contribution >= 4 is 17.5 Å². The van der Waals surface area contributed by atoms with Gasteiger partial charge in [0, 0.05) is 18.3 Å². The number of carbonyl (C=O) groups excluding carboxylic acids is 2. The van der Waals surface area contributed by atoms with Gasteiger partial charge in [-0.25, -0.2) is 0 Å². The SMILES string of the molecule is CN1C(=O)CC(Nc2ccc(CCn3nnc(-c4ccccc4)n3)cc2)C1=O. The maximum absolute atomic E-state index is 12.0. The first kappa shape index (κ1) is 17.8. The smallest absolute Gasteiger partial charge is 0.251 e. The molecule has 1 unspecified atom stereocenters. The minimum atomic E-state index is -0.487. The van der Waals surface area contributed by atoms with Crippen LogP contribution < -0.4 is 5.32 Å². The molecule has 2 amide bonds. The van der Waals surface area contributed by atoms with Gasteiger partial charge in [-0.15, -0.1) is 10.2 Å². The number of hydrogen-bond acceptors (Lipinski definition) is 6. The van der Waals surface area contributed by atoms with Crippen LogP contribution >= 0.6 is 0 Å². The molecule has 0 spiro atoms. The fourth-order valence-corrected chi connectivity index (χ4v) is 3.11. The van der Waals surface area contributed by atoms with Gasteiger partial charge in [-0.05, 0) is 29.3 Å². The Bertz CT molecular complexity index is 983. The molecule has 1 aliphatic heterocycles. The van der Waals surface area contributed by atoms with E-state index in [9.17, 15) is 9.59 Å². The molecular weight excluding hydrogens is 356 g/mol. The second-order valence-electron chi connectivity index (χ2n) is 6.71. The second kappa shape index (κ2) is 7.59. The first-order chi connectivity index (χ1) is 13.6.